The minimum Gasteiger partial charge on any atom is -0.355 e. The Morgan fingerprint density at radius 3 is 2.30 bits per heavy atom. The molecule has 1 atom stereocenters. The first kappa shape index (κ1) is 18.6. The van der Waals surface area contributed by atoms with Crippen LogP contribution in [0.4, 0.5) is 4.79 Å². The highest BCUT2D eigenvalue weighted by Crippen LogP contribution is 2.32. The highest BCUT2D eigenvalue weighted by atomic mass is 16.2. The number of nitrogens with zero attached hydrogens (tertiary/aromatic N) is 1. The van der Waals surface area contributed by atoms with Gasteiger partial charge < -0.3 is 10.6 Å². The van der Waals surface area contributed by atoms with Crippen LogP contribution in [0.25, 0.3) is 0 Å². The Labute approximate surface area is 158 Å². The molecule has 1 aliphatic heterocycles. The average molecular weight is 365 g/mol. The number of hydrogen-bond acceptors (Lipinski definition) is 3. The summed E-state index contributed by atoms with van der Waals surface area (Å²) in [6, 6.07) is 18.1. The van der Waals surface area contributed by atoms with Gasteiger partial charge in [-0.3, -0.25) is 14.5 Å². The van der Waals surface area contributed by atoms with E-state index in [1.807, 2.05) is 67.6 Å². The summed E-state index contributed by atoms with van der Waals surface area (Å²) in [5.41, 5.74) is 0.404. The van der Waals surface area contributed by atoms with Crippen molar-refractivity contribution in [2.75, 3.05) is 13.1 Å². The summed E-state index contributed by atoms with van der Waals surface area (Å²) in [6.07, 6.45) is 1.10. The molecule has 1 aliphatic rings. The van der Waals surface area contributed by atoms with Gasteiger partial charge in [0.25, 0.3) is 5.91 Å². The maximum Gasteiger partial charge on any atom is 0.325 e. The lowest BCUT2D eigenvalue weighted by molar-refractivity contribution is -0.135. The van der Waals surface area contributed by atoms with Crippen LogP contribution in [0.1, 0.15) is 24.5 Å². The maximum atomic E-state index is 13.3. The lowest BCUT2D eigenvalue weighted by Crippen LogP contribution is -2.47. The summed E-state index contributed by atoms with van der Waals surface area (Å²) in [5, 5.41) is 5.56. The second kappa shape index (κ2) is 8.03. The number of benzene rings is 2. The molecule has 2 N–H and O–H groups in total. The Hall–Kier alpha value is -3.15. The van der Waals surface area contributed by atoms with Crippen LogP contribution >= 0.6 is 0 Å². The number of nitrogens with one attached hydrogen (secondary N) is 2. The monoisotopic (exact) mass is 365 g/mol. The van der Waals surface area contributed by atoms with Crippen molar-refractivity contribution in [3.05, 3.63) is 71.8 Å². The summed E-state index contributed by atoms with van der Waals surface area (Å²) >= 11 is 0. The van der Waals surface area contributed by atoms with Crippen LogP contribution in [0.2, 0.25) is 0 Å². The molecule has 6 nitrogen and oxygen atoms in total. The molecule has 2 aromatic rings. The molecule has 0 unspecified atom stereocenters. The van der Waals surface area contributed by atoms with Gasteiger partial charge in [-0.25, -0.2) is 4.79 Å². The minimum absolute atomic E-state index is 0.284. The molecule has 4 amide bonds. The Kier molecular flexibility index (Phi) is 5.54. The topological polar surface area (TPSA) is 78.5 Å². The predicted octanol–water partition coefficient (Wildman–Crippen LogP) is 2.20. The van der Waals surface area contributed by atoms with Gasteiger partial charge in [-0.15, -0.1) is 0 Å². The lowest BCUT2D eigenvalue weighted by atomic mass is 9.83. The van der Waals surface area contributed by atoms with Crippen LogP contribution in [0, 0.1) is 0 Å². The molecule has 0 aromatic heterocycles. The van der Waals surface area contributed by atoms with E-state index >= 15 is 0 Å². The van der Waals surface area contributed by atoms with Gasteiger partial charge in [-0.05, 0) is 17.5 Å². The van der Waals surface area contributed by atoms with Gasteiger partial charge in [0.1, 0.15) is 6.54 Å². The van der Waals surface area contributed by atoms with Crippen LogP contribution in [0.5, 0.6) is 0 Å². The van der Waals surface area contributed by atoms with Gasteiger partial charge in [0.15, 0.2) is 5.54 Å². The Morgan fingerprint density at radius 1 is 1.04 bits per heavy atom. The van der Waals surface area contributed by atoms with Crippen molar-refractivity contribution in [2.45, 2.75) is 25.3 Å². The van der Waals surface area contributed by atoms with Crippen molar-refractivity contribution in [2.24, 2.45) is 0 Å². The van der Waals surface area contributed by atoms with Gasteiger partial charge in [0.05, 0.1) is 0 Å². The minimum atomic E-state index is -1.22. The van der Waals surface area contributed by atoms with E-state index in [0.717, 1.165) is 16.9 Å². The molecule has 1 saturated heterocycles. The highest BCUT2D eigenvalue weighted by Gasteiger charge is 2.52. The van der Waals surface area contributed by atoms with Crippen LogP contribution in [-0.4, -0.2) is 35.8 Å². The van der Waals surface area contributed by atoms with E-state index in [9.17, 15) is 14.4 Å². The van der Waals surface area contributed by atoms with Crippen molar-refractivity contribution >= 4 is 17.8 Å². The molecule has 1 heterocycles. The second-order valence-corrected chi connectivity index (χ2v) is 6.61. The highest BCUT2D eigenvalue weighted by molar-refractivity contribution is 6.09. The van der Waals surface area contributed by atoms with Gasteiger partial charge in [-0.2, -0.15) is 0 Å². The first-order chi connectivity index (χ1) is 13.1. The number of urea groups is 1. The largest absolute Gasteiger partial charge is 0.355 e. The van der Waals surface area contributed by atoms with E-state index < -0.39 is 17.5 Å². The first-order valence-electron chi connectivity index (χ1n) is 9.07. The average Bonchev–Trinajstić information content (AvgIpc) is 2.93. The Balaban J connectivity index is 1.93. The van der Waals surface area contributed by atoms with Crippen molar-refractivity contribution in [1.29, 1.82) is 0 Å². The molecular formula is C21H23N3O3. The van der Waals surface area contributed by atoms with Crippen LogP contribution in [0.15, 0.2) is 60.7 Å². The van der Waals surface area contributed by atoms with Crippen molar-refractivity contribution in [3.63, 3.8) is 0 Å². The SMILES string of the molecule is CCCNC(=O)CN1C(=O)N[C@@](Cc2ccccc2)(c2ccccc2)C1=O. The number of hydrogen-bond donors (Lipinski definition) is 2. The van der Waals surface area contributed by atoms with E-state index in [4.69, 9.17) is 0 Å². The third kappa shape index (κ3) is 3.84. The molecule has 6 heteroatoms. The van der Waals surface area contributed by atoms with Gasteiger partial charge in [-0.1, -0.05) is 67.6 Å². The first-order valence-corrected chi connectivity index (χ1v) is 9.07. The quantitative estimate of drug-likeness (QED) is 0.739. The molecule has 140 valence electrons. The zero-order valence-corrected chi connectivity index (χ0v) is 15.3. The summed E-state index contributed by atoms with van der Waals surface area (Å²) in [4.78, 5) is 39.0. The lowest BCUT2D eigenvalue weighted by Gasteiger charge is -2.27. The Bertz CT molecular complexity index is 823. The molecule has 0 saturated carbocycles. The molecule has 2 aromatic carbocycles. The van der Waals surface area contributed by atoms with Crippen molar-refractivity contribution in [1.82, 2.24) is 15.5 Å². The molecule has 0 aliphatic carbocycles. The Morgan fingerprint density at radius 2 is 1.67 bits per heavy atom. The van der Waals surface area contributed by atoms with E-state index in [2.05, 4.69) is 10.6 Å². The fraction of sp³-hybridized carbons (Fsp3) is 0.286. The number of imide groups is 1. The van der Waals surface area contributed by atoms with E-state index in [-0.39, 0.29) is 12.5 Å². The van der Waals surface area contributed by atoms with Crippen LogP contribution in [0.3, 0.4) is 0 Å². The summed E-state index contributed by atoms with van der Waals surface area (Å²) in [7, 11) is 0. The zero-order chi connectivity index (χ0) is 19.3. The normalized spacial score (nSPS) is 19.1. The van der Waals surface area contributed by atoms with Crippen LogP contribution in [-0.2, 0) is 21.5 Å². The third-order valence-electron chi connectivity index (χ3n) is 4.63. The van der Waals surface area contributed by atoms with E-state index in [1.54, 1.807) is 0 Å². The molecular weight excluding hydrogens is 342 g/mol. The molecule has 27 heavy (non-hydrogen) atoms. The summed E-state index contributed by atoms with van der Waals surface area (Å²) in [6.45, 7) is 2.17. The number of carbonyl (C=O) groups is 3. The van der Waals surface area contributed by atoms with Crippen LogP contribution < -0.4 is 10.6 Å². The second-order valence-electron chi connectivity index (χ2n) is 6.61. The number of carbonyl (C=O) groups excluding carboxylic acids is 3. The fourth-order valence-corrected chi connectivity index (χ4v) is 3.28. The van der Waals surface area contributed by atoms with Gasteiger partial charge >= 0.3 is 6.03 Å². The molecule has 0 spiro atoms. The molecule has 1 fully saturated rings. The summed E-state index contributed by atoms with van der Waals surface area (Å²) in [5.74, 6) is -0.752. The fourth-order valence-electron chi connectivity index (χ4n) is 3.28. The van der Waals surface area contributed by atoms with Crippen molar-refractivity contribution in [3.8, 4) is 0 Å². The zero-order valence-electron chi connectivity index (χ0n) is 15.3. The smallest absolute Gasteiger partial charge is 0.325 e. The predicted molar refractivity (Wildman–Crippen MR) is 102 cm³/mol. The summed E-state index contributed by atoms with van der Waals surface area (Å²) < 4.78 is 0. The number of rotatable bonds is 7. The standard InChI is InChI=1S/C21H23N3O3/c1-2-13-22-18(25)15-24-19(26)21(23-20(24)27,17-11-7-4-8-12-17)14-16-9-5-3-6-10-16/h3-12H,2,13-15H2,1H3,(H,22,25)(H,23,27)/t21-/m0/s1. The van der Waals surface area contributed by atoms with Gasteiger partial charge in [0.2, 0.25) is 5.91 Å². The maximum absolute atomic E-state index is 13.3. The van der Waals surface area contributed by atoms with Crippen molar-refractivity contribution < 1.29 is 14.4 Å². The van der Waals surface area contributed by atoms with Gasteiger partial charge in [0, 0.05) is 13.0 Å². The third-order valence-corrected chi connectivity index (χ3v) is 4.63. The van der Waals surface area contributed by atoms with E-state index in [1.165, 1.54) is 0 Å². The molecule has 0 radical (unpaired) electrons. The van der Waals surface area contributed by atoms with E-state index in [0.29, 0.717) is 18.5 Å². The molecule has 0 bridgehead atoms. The molecule has 3 rings (SSSR count). The number of amides is 4.